The topological polar surface area (TPSA) is 59.2 Å². The van der Waals surface area contributed by atoms with E-state index in [1.54, 1.807) is 30.3 Å². The average molecular weight is 487 g/mol. The van der Waals surface area contributed by atoms with E-state index in [1.807, 2.05) is 0 Å². The van der Waals surface area contributed by atoms with Crippen LogP contribution in [0.1, 0.15) is 38.8 Å². The third-order valence-electron chi connectivity index (χ3n) is 6.04. The molecule has 0 radical (unpaired) electrons. The van der Waals surface area contributed by atoms with Crippen molar-refractivity contribution in [1.82, 2.24) is 4.98 Å². The maximum Gasteiger partial charge on any atom is 0.416 e. The summed E-state index contributed by atoms with van der Waals surface area (Å²) in [5, 5.41) is 0.405. The highest BCUT2D eigenvalue weighted by atomic mass is 32.1. The number of hydrogen-bond acceptors (Lipinski definition) is 4. The van der Waals surface area contributed by atoms with E-state index in [0.29, 0.717) is 39.7 Å². The Bertz CT molecular complexity index is 1500. The third-order valence-corrected chi connectivity index (χ3v) is 7.32. The van der Waals surface area contributed by atoms with Crippen molar-refractivity contribution in [2.45, 2.75) is 24.9 Å². The van der Waals surface area contributed by atoms with Gasteiger partial charge in [-0.15, -0.1) is 11.3 Å². The first-order valence-corrected chi connectivity index (χ1v) is 11.2. The maximum absolute atomic E-state index is 14.4. The Morgan fingerprint density at radius 1 is 1.03 bits per heavy atom. The monoisotopic (exact) mass is 487 g/mol. The molecule has 0 amide bonds. The van der Waals surface area contributed by atoms with Crippen molar-refractivity contribution in [3.8, 4) is 16.2 Å². The molecule has 0 saturated heterocycles. The molecule has 1 unspecified atom stereocenters. The summed E-state index contributed by atoms with van der Waals surface area (Å²) in [6, 6.07) is 10.8. The molecule has 1 aliphatic carbocycles. The first-order valence-electron chi connectivity index (χ1n) is 10.4. The van der Waals surface area contributed by atoms with Crippen molar-refractivity contribution >= 4 is 28.0 Å². The van der Waals surface area contributed by atoms with Gasteiger partial charge in [0, 0.05) is 44.8 Å². The Kier molecular flexibility index (Phi) is 5.31. The molecule has 0 bridgehead atoms. The molecular weight excluding hydrogens is 470 g/mol. The zero-order valence-electron chi connectivity index (χ0n) is 17.8. The predicted octanol–water partition coefficient (Wildman–Crippen LogP) is 6.34. The zero-order valence-corrected chi connectivity index (χ0v) is 18.6. The number of ether oxygens (including phenoxy) is 1. The number of halogens is 4. The minimum absolute atomic E-state index is 0.0679. The van der Waals surface area contributed by atoms with Crippen LogP contribution < -0.4 is 10.2 Å². The van der Waals surface area contributed by atoms with E-state index in [4.69, 9.17) is 4.74 Å². The molecule has 2 heterocycles. The summed E-state index contributed by atoms with van der Waals surface area (Å²) in [5.74, 6) is -0.905. The second kappa shape index (κ2) is 8.09. The number of carbonyl (C=O) groups is 1. The van der Waals surface area contributed by atoms with Crippen LogP contribution in [0.4, 0.5) is 17.6 Å². The second-order valence-electron chi connectivity index (χ2n) is 8.14. The van der Waals surface area contributed by atoms with Crippen molar-refractivity contribution in [3.63, 3.8) is 0 Å². The minimum atomic E-state index is -4.62. The molecule has 5 rings (SSSR count). The van der Waals surface area contributed by atoms with Crippen LogP contribution in [0.25, 0.3) is 21.3 Å². The fourth-order valence-electron chi connectivity index (χ4n) is 4.35. The van der Waals surface area contributed by atoms with Crippen molar-refractivity contribution in [2.75, 3.05) is 7.11 Å². The van der Waals surface area contributed by atoms with E-state index in [9.17, 15) is 27.2 Å². The number of rotatable bonds is 3. The smallest absolute Gasteiger partial charge is 0.416 e. The average Bonchev–Trinajstić information content (AvgIpc) is 3.27. The van der Waals surface area contributed by atoms with Gasteiger partial charge in [0.2, 0.25) is 0 Å². The number of methoxy groups -OCH3 is 1. The second-order valence-corrected chi connectivity index (χ2v) is 9.26. The highest BCUT2D eigenvalue weighted by Gasteiger charge is 2.32. The molecule has 174 valence electrons. The van der Waals surface area contributed by atoms with Crippen LogP contribution in [-0.4, -0.2) is 17.9 Å². The molecule has 1 atom stereocenters. The van der Waals surface area contributed by atoms with Crippen LogP contribution >= 0.6 is 11.3 Å². The lowest BCUT2D eigenvalue weighted by Crippen LogP contribution is -2.27. The third kappa shape index (κ3) is 3.79. The Labute approximate surface area is 194 Å². The lowest BCUT2D eigenvalue weighted by Gasteiger charge is -2.23. The highest BCUT2D eigenvalue weighted by molar-refractivity contribution is 7.15. The standard InChI is InChI=1S/C25H17F4NO3S/c1-33-14-3-5-16-18(11-14)30-19-8-12(9-20(31)23(19)24(16)32)21-6-7-22(34-21)15-4-2-13(10-17(15)26)25(27,28)29/h2-7,10-12H,8-9H2,1H3,(H,30,32). The van der Waals surface area contributed by atoms with Gasteiger partial charge in [0.25, 0.3) is 0 Å². The van der Waals surface area contributed by atoms with Gasteiger partial charge >= 0.3 is 6.18 Å². The van der Waals surface area contributed by atoms with E-state index in [1.165, 1.54) is 18.4 Å². The summed E-state index contributed by atoms with van der Waals surface area (Å²) in [7, 11) is 1.52. The molecule has 0 aliphatic heterocycles. The summed E-state index contributed by atoms with van der Waals surface area (Å²) in [6.07, 6.45) is -4.10. The number of benzene rings is 2. The molecule has 0 spiro atoms. The van der Waals surface area contributed by atoms with Gasteiger partial charge in [-0.25, -0.2) is 4.39 Å². The van der Waals surface area contributed by atoms with Gasteiger partial charge in [-0.1, -0.05) is 6.07 Å². The Morgan fingerprint density at radius 3 is 2.53 bits per heavy atom. The number of hydrogen-bond donors (Lipinski definition) is 1. The number of nitrogens with one attached hydrogen (secondary N) is 1. The Balaban J connectivity index is 1.49. The van der Waals surface area contributed by atoms with Crippen LogP contribution in [-0.2, 0) is 12.6 Å². The minimum Gasteiger partial charge on any atom is -0.497 e. The Morgan fingerprint density at radius 2 is 1.82 bits per heavy atom. The normalized spacial score (nSPS) is 16.0. The number of ketones is 1. The molecule has 34 heavy (non-hydrogen) atoms. The van der Waals surface area contributed by atoms with E-state index in [2.05, 4.69) is 4.98 Å². The lowest BCUT2D eigenvalue weighted by molar-refractivity contribution is -0.137. The molecule has 1 aliphatic rings. The summed E-state index contributed by atoms with van der Waals surface area (Å²) >= 11 is 1.23. The fourth-order valence-corrected chi connectivity index (χ4v) is 5.49. The van der Waals surface area contributed by atoms with Gasteiger partial charge in [0.1, 0.15) is 11.6 Å². The summed E-state index contributed by atoms with van der Waals surface area (Å²) in [6.45, 7) is 0. The number of aromatic nitrogens is 1. The van der Waals surface area contributed by atoms with Crippen molar-refractivity contribution < 1.29 is 27.1 Å². The highest BCUT2D eigenvalue weighted by Crippen LogP contribution is 2.40. The number of aromatic amines is 1. The lowest BCUT2D eigenvalue weighted by atomic mass is 9.84. The van der Waals surface area contributed by atoms with Gasteiger partial charge < -0.3 is 9.72 Å². The molecule has 2 aromatic carbocycles. The number of pyridine rings is 1. The molecule has 0 fully saturated rings. The van der Waals surface area contributed by atoms with Gasteiger partial charge in [-0.3, -0.25) is 9.59 Å². The van der Waals surface area contributed by atoms with E-state index >= 15 is 0 Å². The van der Waals surface area contributed by atoms with Crippen LogP contribution in [0.3, 0.4) is 0 Å². The number of thiophene rings is 1. The van der Waals surface area contributed by atoms with Crippen molar-refractivity contribution in [2.24, 2.45) is 0 Å². The van der Waals surface area contributed by atoms with Crippen molar-refractivity contribution in [1.29, 1.82) is 0 Å². The predicted molar refractivity (Wildman–Crippen MR) is 121 cm³/mol. The van der Waals surface area contributed by atoms with Crippen LogP contribution in [0.15, 0.2) is 53.3 Å². The van der Waals surface area contributed by atoms with Crippen molar-refractivity contribution in [3.05, 3.63) is 86.3 Å². The molecule has 9 heteroatoms. The number of carbonyl (C=O) groups excluding carboxylic acids is 1. The van der Waals surface area contributed by atoms with E-state index < -0.39 is 17.6 Å². The van der Waals surface area contributed by atoms with Gasteiger partial charge in [-0.2, -0.15) is 13.2 Å². The Hall–Kier alpha value is -3.46. The largest absolute Gasteiger partial charge is 0.497 e. The molecular formula is C25H17F4NO3S. The first kappa shape index (κ1) is 22.3. The van der Waals surface area contributed by atoms with Crippen LogP contribution in [0.5, 0.6) is 5.75 Å². The molecule has 0 saturated carbocycles. The van der Waals surface area contributed by atoms with Gasteiger partial charge in [0.15, 0.2) is 11.2 Å². The van der Waals surface area contributed by atoms with Gasteiger partial charge in [-0.05, 0) is 42.8 Å². The first-order chi connectivity index (χ1) is 16.2. The summed E-state index contributed by atoms with van der Waals surface area (Å²) in [4.78, 5) is 30.3. The van der Waals surface area contributed by atoms with E-state index in [-0.39, 0.29) is 34.7 Å². The van der Waals surface area contributed by atoms with Crippen LogP contribution in [0, 0.1) is 5.82 Å². The SMILES string of the molecule is COc1ccc2c(=O)c3c([nH]c2c1)CC(c1ccc(-c2ccc(C(F)(F)F)cc2F)s1)CC3=O. The maximum atomic E-state index is 14.4. The quantitative estimate of drug-likeness (QED) is 0.343. The molecule has 4 nitrogen and oxygen atoms in total. The number of H-pyrrole nitrogens is 1. The number of fused-ring (bicyclic) bond motifs is 2. The fraction of sp³-hybridized carbons (Fsp3) is 0.200. The molecule has 1 N–H and O–H groups in total. The van der Waals surface area contributed by atoms with Gasteiger partial charge in [0.05, 0.1) is 23.8 Å². The van der Waals surface area contributed by atoms with E-state index in [0.717, 1.165) is 17.0 Å². The number of Topliss-reactive ketones (excluding diaryl/α,β-unsaturated/α-hetero) is 1. The molecule has 4 aromatic rings. The molecule has 2 aromatic heterocycles. The summed E-state index contributed by atoms with van der Waals surface area (Å²) in [5.41, 5.74) is -0.0583. The number of alkyl halides is 3. The van der Waals surface area contributed by atoms with Crippen LogP contribution in [0.2, 0.25) is 0 Å². The summed E-state index contributed by atoms with van der Waals surface area (Å²) < 4.78 is 58.2. The zero-order chi connectivity index (χ0) is 24.2.